The fraction of sp³-hybridized carbons (Fsp3) is 0.692. The Morgan fingerprint density at radius 1 is 1.50 bits per heavy atom. The SMILES string of the molecule is CCC(CC)(CN)NC(=O)CCc1cnn(C)c1. The summed E-state index contributed by atoms with van der Waals surface area (Å²) in [5.74, 6) is 0.0630. The van der Waals surface area contributed by atoms with E-state index in [0.717, 1.165) is 18.4 Å². The third-order valence-corrected chi connectivity index (χ3v) is 3.55. The van der Waals surface area contributed by atoms with E-state index >= 15 is 0 Å². The van der Waals surface area contributed by atoms with Crippen molar-refractivity contribution >= 4 is 5.91 Å². The molecule has 1 rings (SSSR count). The molecule has 5 nitrogen and oxygen atoms in total. The summed E-state index contributed by atoms with van der Waals surface area (Å²) in [6, 6.07) is 0. The minimum atomic E-state index is -0.244. The van der Waals surface area contributed by atoms with Crippen molar-refractivity contribution in [2.45, 2.75) is 45.1 Å². The molecule has 102 valence electrons. The van der Waals surface area contributed by atoms with Crippen molar-refractivity contribution in [3.05, 3.63) is 18.0 Å². The molecule has 1 aromatic heterocycles. The Morgan fingerprint density at radius 3 is 2.61 bits per heavy atom. The lowest BCUT2D eigenvalue weighted by molar-refractivity contribution is -0.123. The quantitative estimate of drug-likeness (QED) is 0.760. The van der Waals surface area contributed by atoms with E-state index in [9.17, 15) is 4.79 Å². The summed E-state index contributed by atoms with van der Waals surface area (Å²) in [6.07, 6.45) is 6.64. The highest BCUT2D eigenvalue weighted by Crippen LogP contribution is 2.13. The molecule has 0 radical (unpaired) electrons. The van der Waals surface area contributed by atoms with Crippen LogP contribution in [0.5, 0.6) is 0 Å². The van der Waals surface area contributed by atoms with Crippen LogP contribution in [0.3, 0.4) is 0 Å². The van der Waals surface area contributed by atoms with Crippen LogP contribution in [0, 0.1) is 0 Å². The average molecular weight is 252 g/mol. The molecule has 0 saturated heterocycles. The third kappa shape index (κ3) is 3.84. The average Bonchev–Trinajstić information content (AvgIpc) is 2.80. The molecule has 1 heterocycles. The molecule has 1 aromatic rings. The fourth-order valence-corrected chi connectivity index (χ4v) is 1.98. The second-order valence-corrected chi connectivity index (χ2v) is 4.76. The van der Waals surface area contributed by atoms with Gasteiger partial charge in [-0.05, 0) is 24.8 Å². The van der Waals surface area contributed by atoms with E-state index in [0.29, 0.717) is 19.4 Å². The number of amides is 1. The number of hydrogen-bond acceptors (Lipinski definition) is 3. The van der Waals surface area contributed by atoms with Gasteiger partial charge in [-0.1, -0.05) is 13.8 Å². The van der Waals surface area contributed by atoms with Crippen molar-refractivity contribution in [2.75, 3.05) is 6.54 Å². The molecule has 0 aromatic carbocycles. The molecule has 1 amide bonds. The van der Waals surface area contributed by atoms with Gasteiger partial charge in [-0.15, -0.1) is 0 Å². The highest BCUT2D eigenvalue weighted by Gasteiger charge is 2.25. The third-order valence-electron chi connectivity index (χ3n) is 3.55. The number of carbonyl (C=O) groups excluding carboxylic acids is 1. The summed E-state index contributed by atoms with van der Waals surface area (Å²) in [7, 11) is 1.87. The van der Waals surface area contributed by atoms with Crippen LogP contribution in [-0.2, 0) is 18.3 Å². The highest BCUT2D eigenvalue weighted by molar-refractivity contribution is 5.77. The normalized spacial score (nSPS) is 11.6. The van der Waals surface area contributed by atoms with E-state index in [1.54, 1.807) is 10.9 Å². The zero-order valence-electron chi connectivity index (χ0n) is 11.6. The summed E-state index contributed by atoms with van der Waals surface area (Å²) in [4.78, 5) is 11.9. The molecule has 0 unspecified atom stereocenters. The fourth-order valence-electron chi connectivity index (χ4n) is 1.98. The molecule has 0 aliphatic heterocycles. The first-order valence-corrected chi connectivity index (χ1v) is 6.54. The summed E-state index contributed by atoms with van der Waals surface area (Å²) >= 11 is 0. The van der Waals surface area contributed by atoms with Crippen molar-refractivity contribution in [3.8, 4) is 0 Å². The number of aromatic nitrogens is 2. The molecule has 0 bridgehead atoms. The zero-order chi connectivity index (χ0) is 13.6. The van der Waals surface area contributed by atoms with Gasteiger partial charge >= 0.3 is 0 Å². The molecule has 0 spiro atoms. The maximum absolute atomic E-state index is 11.9. The van der Waals surface area contributed by atoms with Gasteiger partial charge < -0.3 is 11.1 Å². The van der Waals surface area contributed by atoms with Gasteiger partial charge in [0.1, 0.15) is 0 Å². The summed E-state index contributed by atoms with van der Waals surface area (Å²) in [5.41, 5.74) is 6.60. The van der Waals surface area contributed by atoms with Crippen molar-refractivity contribution < 1.29 is 4.79 Å². The van der Waals surface area contributed by atoms with E-state index in [4.69, 9.17) is 5.73 Å². The lowest BCUT2D eigenvalue weighted by atomic mass is 9.92. The van der Waals surface area contributed by atoms with E-state index in [1.165, 1.54) is 0 Å². The van der Waals surface area contributed by atoms with Gasteiger partial charge in [-0.2, -0.15) is 5.10 Å². The van der Waals surface area contributed by atoms with E-state index in [1.807, 2.05) is 13.2 Å². The van der Waals surface area contributed by atoms with Crippen LogP contribution in [0.1, 0.15) is 38.7 Å². The molecule has 0 aliphatic rings. The predicted octanol–water partition coefficient (Wildman–Crippen LogP) is 0.986. The van der Waals surface area contributed by atoms with Crippen LogP contribution in [0.15, 0.2) is 12.4 Å². The molecule has 0 saturated carbocycles. The van der Waals surface area contributed by atoms with E-state index in [-0.39, 0.29) is 11.4 Å². The minimum absolute atomic E-state index is 0.0630. The largest absolute Gasteiger partial charge is 0.349 e. The van der Waals surface area contributed by atoms with Crippen molar-refractivity contribution in [1.29, 1.82) is 0 Å². The monoisotopic (exact) mass is 252 g/mol. The molecule has 18 heavy (non-hydrogen) atoms. The van der Waals surface area contributed by atoms with Crippen LogP contribution in [0.4, 0.5) is 0 Å². The van der Waals surface area contributed by atoms with Gasteiger partial charge in [-0.3, -0.25) is 9.48 Å². The molecule has 0 fully saturated rings. The molecule has 0 atom stereocenters. The number of nitrogens with one attached hydrogen (secondary N) is 1. The number of carbonyl (C=O) groups is 1. The summed E-state index contributed by atoms with van der Waals surface area (Å²) in [6.45, 7) is 4.59. The van der Waals surface area contributed by atoms with Crippen molar-refractivity contribution in [3.63, 3.8) is 0 Å². The second kappa shape index (κ2) is 6.54. The van der Waals surface area contributed by atoms with Gasteiger partial charge in [0.2, 0.25) is 5.91 Å². The Hall–Kier alpha value is -1.36. The molecule has 3 N–H and O–H groups in total. The van der Waals surface area contributed by atoms with Crippen LogP contribution in [0.25, 0.3) is 0 Å². The Bertz CT molecular complexity index is 374. The summed E-state index contributed by atoms with van der Waals surface area (Å²) in [5, 5.41) is 7.15. The maximum Gasteiger partial charge on any atom is 0.220 e. The zero-order valence-corrected chi connectivity index (χ0v) is 11.6. The van der Waals surface area contributed by atoms with Crippen molar-refractivity contribution in [2.24, 2.45) is 12.8 Å². The minimum Gasteiger partial charge on any atom is -0.349 e. The standard InChI is InChI=1S/C13H24N4O/c1-4-13(5-2,10-14)16-12(18)7-6-11-8-15-17(3)9-11/h8-9H,4-7,10,14H2,1-3H3,(H,16,18). The van der Waals surface area contributed by atoms with Crippen LogP contribution in [0.2, 0.25) is 0 Å². The number of nitrogens with zero attached hydrogens (tertiary/aromatic N) is 2. The van der Waals surface area contributed by atoms with Crippen LogP contribution in [-0.4, -0.2) is 27.8 Å². The Labute approximate surface area is 109 Å². The highest BCUT2D eigenvalue weighted by atomic mass is 16.1. The van der Waals surface area contributed by atoms with Crippen molar-refractivity contribution in [1.82, 2.24) is 15.1 Å². The first-order valence-electron chi connectivity index (χ1n) is 6.54. The predicted molar refractivity (Wildman–Crippen MR) is 72.0 cm³/mol. The Balaban J connectivity index is 2.46. The molecule has 0 aliphatic carbocycles. The van der Waals surface area contributed by atoms with Gasteiger partial charge in [0.15, 0.2) is 0 Å². The Kier molecular flexibility index (Phi) is 5.34. The maximum atomic E-state index is 11.9. The first kappa shape index (κ1) is 14.7. The second-order valence-electron chi connectivity index (χ2n) is 4.76. The van der Waals surface area contributed by atoms with Gasteiger partial charge in [0, 0.05) is 26.2 Å². The molecular formula is C13H24N4O. The van der Waals surface area contributed by atoms with Crippen LogP contribution >= 0.6 is 0 Å². The molecule has 5 heteroatoms. The summed E-state index contributed by atoms with van der Waals surface area (Å²) < 4.78 is 1.75. The van der Waals surface area contributed by atoms with E-state index < -0.39 is 0 Å². The lowest BCUT2D eigenvalue weighted by Gasteiger charge is -2.31. The van der Waals surface area contributed by atoms with Gasteiger partial charge in [0.25, 0.3) is 0 Å². The first-order chi connectivity index (χ1) is 8.55. The molecular weight excluding hydrogens is 228 g/mol. The van der Waals surface area contributed by atoms with E-state index in [2.05, 4.69) is 24.3 Å². The topological polar surface area (TPSA) is 72.9 Å². The Morgan fingerprint density at radius 2 is 2.17 bits per heavy atom. The van der Waals surface area contributed by atoms with Gasteiger partial charge in [-0.25, -0.2) is 0 Å². The number of aryl methyl sites for hydroxylation is 2. The number of nitrogens with two attached hydrogens (primary N) is 1. The van der Waals surface area contributed by atoms with Gasteiger partial charge in [0.05, 0.1) is 11.7 Å². The number of hydrogen-bond donors (Lipinski definition) is 2. The number of rotatable bonds is 7. The smallest absolute Gasteiger partial charge is 0.220 e. The lowest BCUT2D eigenvalue weighted by Crippen LogP contribution is -2.52. The van der Waals surface area contributed by atoms with Crippen LogP contribution < -0.4 is 11.1 Å².